The van der Waals surface area contributed by atoms with E-state index in [1.54, 1.807) is 11.0 Å². The molecule has 2 aromatic carbocycles. The Balaban J connectivity index is 1.31. The lowest BCUT2D eigenvalue weighted by Gasteiger charge is -2.35. The van der Waals surface area contributed by atoms with Crippen LogP contribution in [0.5, 0.6) is 0 Å². The summed E-state index contributed by atoms with van der Waals surface area (Å²) in [6.45, 7) is 5.98. The van der Waals surface area contributed by atoms with Gasteiger partial charge in [0.1, 0.15) is 5.65 Å². The van der Waals surface area contributed by atoms with Crippen molar-refractivity contribution in [2.75, 3.05) is 26.2 Å². The van der Waals surface area contributed by atoms with Gasteiger partial charge in [-0.1, -0.05) is 49.4 Å². The van der Waals surface area contributed by atoms with Crippen molar-refractivity contribution in [1.82, 2.24) is 24.3 Å². The van der Waals surface area contributed by atoms with Crippen molar-refractivity contribution in [3.63, 3.8) is 0 Å². The van der Waals surface area contributed by atoms with E-state index in [0.29, 0.717) is 30.8 Å². The normalized spacial score (nSPS) is 14.7. The first-order chi connectivity index (χ1) is 16.5. The van der Waals surface area contributed by atoms with Gasteiger partial charge >= 0.3 is 5.69 Å². The fourth-order valence-electron chi connectivity index (χ4n) is 4.68. The average Bonchev–Trinajstić information content (AvgIpc) is 2.86. The van der Waals surface area contributed by atoms with Crippen molar-refractivity contribution < 1.29 is 4.79 Å². The quantitative estimate of drug-likeness (QED) is 0.498. The van der Waals surface area contributed by atoms with Crippen LogP contribution < -0.4 is 11.2 Å². The molecule has 3 heterocycles. The van der Waals surface area contributed by atoms with Crippen molar-refractivity contribution in [2.24, 2.45) is 0 Å². The minimum absolute atomic E-state index is 0.146. The first kappa shape index (κ1) is 22.0. The Bertz CT molecular complexity index is 1480. The molecule has 1 fully saturated rings. The van der Waals surface area contributed by atoms with Crippen molar-refractivity contribution in [2.45, 2.75) is 26.4 Å². The van der Waals surface area contributed by atoms with Crippen LogP contribution in [-0.2, 0) is 13.1 Å². The van der Waals surface area contributed by atoms with Gasteiger partial charge in [0.2, 0.25) is 0 Å². The number of fused-ring (bicyclic) bond motifs is 2. The number of amides is 1. The van der Waals surface area contributed by atoms with Gasteiger partial charge in [-0.3, -0.25) is 24.0 Å². The van der Waals surface area contributed by atoms with Gasteiger partial charge in [-0.2, -0.15) is 0 Å². The number of carbonyl (C=O) groups is 1. The number of hydrogen-bond donors (Lipinski definition) is 1. The first-order valence-corrected chi connectivity index (χ1v) is 11.7. The fraction of sp³-hybridized carbons (Fsp3) is 0.308. The molecule has 1 aliphatic heterocycles. The van der Waals surface area contributed by atoms with E-state index in [2.05, 4.69) is 57.3 Å². The number of piperazine rings is 1. The number of pyridine rings is 1. The van der Waals surface area contributed by atoms with Crippen LogP contribution in [0.3, 0.4) is 0 Å². The number of nitrogens with zero attached hydrogens (tertiary/aromatic N) is 4. The maximum atomic E-state index is 13.2. The number of aromatic nitrogens is 3. The molecular formula is C26H27N5O3. The summed E-state index contributed by atoms with van der Waals surface area (Å²) in [5.74, 6) is -0.146. The van der Waals surface area contributed by atoms with Gasteiger partial charge in [0, 0.05) is 45.5 Å². The molecule has 34 heavy (non-hydrogen) atoms. The Hall–Kier alpha value is -3.78. The molecule has 1 saturated heterocycles. The van der Waals surface area contributed by atoms with E-state index in [0.717, 1.165) is 26.1 Å². The van der Waals surface area contributed by atoms with E-state index < -0.39 is 11.2 Å². The molecule has 2 aromatic heterocycles. The highest BCUT2D eigenvalue weighted by molar-refractivity contribution is 5.96. The topological polar surface area (TPSA) is 91.3 Å². The minimum Gasteiger partial charge on any atom is -0.336 e. The van der Waals surface area contributed by atoms with Gasteiger partial charge in [-0.15, -0.1) is 0 Å². The molecule has 0 spiro atoms. The standard InChI is InChI=1S/C26H27N5O3/c1-2-10-31-23-22(24(32)28-26(31)34)15-20(16-27-23)25(33)30-13-11-29(12-14-30)17-19-8-5-7-18-6-3-4-9-21(18)19/h3-9,15-16H,2,10-14,17H2,1H3,(H,28,32,34). The highest BCUT2D eigenvalue weighted by atomic mass is 16.2. The number of nitrogens with one attached hydrogen (secondary N) is 1. The number of aromatic amines is 1. The lowest BCUT2D eigenvalue weighted by molar-refractivity contribution is 0.0628. The molecule has 0 radical (unpaired) electrons. The number of H-pyrrole nitrogens is 1. The van der Waals surface area contributed by atoms with Gasteiger partial charge in [0.15, 0.2) is 0 Å². The number of hydrogen-bond acceptors (Lipinski definition) is 5. The van der Waals surface area contributed by atoms with Gasteiger partial charge in [0.05, 0.1) is 10.9 Å². The maximum Gasteiger partial charge on any atom is 0.329 e. The van der Waals surface area contributed by atoms with Crippen LogP contribution in [0.1, 0.15) is 29.3 Å². The van der Waals surface area contributed by atoms with Crippen LogP contribution in [-0.4, -0.2) is 56.4 Å². The summed E-state index contributed by atoms with van der Waals surface area (Å²) in [5.41, 5.74) is 0.964. The number of aryl methyl sites for hydroxylation is 1. The zero-order valence-electron chi connectivity index (χ0n) is 19.2. The van der Waals surface area contributed by atoms with Crippen LogP contribution in [0.4, 0.5) is 0 Å². The summed E-state index contributed by atoms with van der Waals surface area (Å²) >= 11 is 0. The predicted molar refractivity (Wildman–Crippen MR) is 132 cm³/mol. The van der Waals surface area contributed by atoms with Crippen LogP contribution >= 0.6 is 0 Å². The van der Waals surface area contributed by atoms with Gasteiger partial charge in [-0.25, -0.2) is 9.78 Å². The van der Waals surface area contributed by atoms with E-state index in [-0.39, 0.29) is 11.3 Å². The first-order valence-electron chi connectivity index (χ1n) is 11.7. The smallest absolute Gasteiger partial charge is 0.329 e. The SMILES string of the molecule is CCCn1c(=O)[nH]c(=O)c2cc(C(=O)N3CCN(Cc4cccc5ccccc45)CC3)cnc21. The monoisotopic (exact) mass is 457 g/mol. The average molecular weight is 458 g/mol. The highest BCUT2D eigenvalue weighted by Crippen LogP contribution is 2.21. The van der Waals surface area contributed by atoms with Gasteiger partial charge in [0.25, 0.3) is 11.5 Å². The molecule has 4 aromatic rings. The molecule has 0 unspecified atom stereocenters. The summed E-state index contributed by atoms with van der Waals surface area (Å²) in [4.78, 5) is 48.5. The van der Waals surface area contributed by atoms with Crippen molar-refractivity contribution in [3.05, 3.63) is 86.7 Å². The second-order valence-electron chi connectivity index (χ2n) is 8.71. The molecule has 8 nitrogen and oxygen atoms in total. The third kappa shape index (κ3) is 4.12. The molecule has 1 N–H and O–H groups in total. The van der Waals surface area contributed by atoms with E-state index in [1.807, 2.05) is 6.92 Å². The van der Waals surface area contributed by atoms with E-state index in [9.17, 15) is 14.4 Å². The van der Waals surface area contributed by atoms with E-state index in [1.165, 1.54) is 27.1 Å². The molecule has 1 amide bonds. The number of benzene rings is 2. The molecule has 1 aliphatic rings. The third-order valence-corrected chi connectivity index (χ3v) is 6.46. The van der Waals surface area contributed by atoms with E-state index in [4.69, 9.17) is 0 Å². The Kier molecular flexibility index (Phi) is 5.98. The van der Waals surface area contributed by atoms with Crippen molar-refractivity contribution in [3.8, 4) is 0 Å². The van der Waals surface area contributed by atoms with Crippen LogP contribution in [0, 0.1) is 0 Å². The predicted octanol–water partition coefficient (Wildman–Crippen LogP) is 2.61. The number of carbonyl (C=O) groups excluding carboxylic acids is 1. The molecule has 0 bridgehead atoms. The van der Waals surface area contributed by atoms with Gasteiger partial charge < -0.3 is 4.90 Å². The van der Waals surface area contributed by atoms with Crippen molar-refractivity contribution in [1.29, 1.82) is 0 Å². The summed E-state index contributed by atoms with van der Waals surface area (Å²) in [7, 11) is 0. The second-order valence-corrected chi connectivity index (χ2v) is 8.71. The largest absolute Gasteiger partial charge is 0.336 e. The summed E-state index contributed by atoms with van der Waals surface area (Å²) < 4.78 is 1.44. The molecule has 174 valence electrons. The molecular weight excluding hydrogens is 430 g/mol. The van der Waals surface area contributed by atoms with Crippen LogP contribution in [0.15, 0.2) is 64.3 Å². The third-order valence-electron chi connectivity index (χ3n) is 6.46. The minimum atomic E-state index is -0.519. The zero-order valence-corrected chi connectivity index (χ0v) is 19.2. The Labute approximate surface area is 196 Å². The van der Waals surface area contributed by atoms with E-state index >= 15 is 0 Å². The highest BCUT2D eigenvalue weighted by Gasteiger charge is 2.23. The molecule has 8 heteroatoms. The zero-order chi connectivity index (χ0) is 23.7. The van der Waals surface area contributed by atoms with Gasteiger partial charge in [-0.05, 0) is 28.8 Å². The molecule has 5 rings (SSSR count). The summed E-state index contributed by atoms with van der Waals surface area (Å²) in [5, 5.41) is 2.75. The fourth-order valence-corrected chi connectivity index (χ4v) is 4.68. The number of rotatable bonds is 5. The lowest BCUT2D eigenvalue weighted by atomic mass is 10.0. The lowest BCUT2D eigenvalue weighted by Crippen LogP contribution is -2.48. The Morgan fingerprint density at radius 3 is 2.56 bits per heavy atom. The Morgan fingerprint density at radius 2 is 1.76 bits per heavy atom. The summed E-state index contributed by atoms with van der Waals surface area (Å²) in [6.07, 6.45) is 2.20. The van der Waals surface area contributed by atoms with Crippen LogP contribution in [0.25, 0.3) is 21.8 Å². The molecule has 0 saturated carbocycles. The van der Waals surface area contributed by atoms with Crippen molar-refractivity contribution >= 4 is 27.7 Å². The molecule has 0 aliphatic carbocycles. The Morgan fingerprint density at radius 1 is 1.00 bits per heavy atom. The maximum absolute atomic E-state index is 13.2. The summed E-state index contributed by atoms with van der Waals surface area (Å²) in [6, 6.07) is 16.3. The molecule has 0 atom stereocenters. The second kappa shape index (κ2) is 9.23. The van der Waals surface area contributed by atoms with Crippen LogP contribution in [0.2, 0.25) is 0 Å².